The summed E-state index contributed by atoms with van der Waals surface area (Å²) in [6.45, 7) is 3.66. The highest BCUT2D eigenvalue weighted by Crippen LogP contribution is 2.49. The molecule has 0 radical (unpaired) electrons. The molecule has 6 rings (SSSR count). The van der Waals surface area contributed by atoms with Crippen LogP contribution in [-0.2, 0) is 14.3 Å². The van der Waals surface area contributed by atoms with E-state index in [0.717, 1.165) is 65.8 Å². The molecule has 192 valence electrons. The molecule has 3 atom stereocenters. The fraction of sp³-hybridized carbons (Fsp3) is 0.538. The normalized spacial score (nSPS) is 27.7. The molecular formula is C26H30Br2N4O4. The van der Waals surface area contributed by atoms with Crippen LogP contribution in [0.1, 0.15) is 37.7 Å². The predicted molar refractivity (Wildman–Crippen MR) is 144 cm³/mol. The lowest BCUT2D eigenvalue weighted by atomic mass is 9.91. The highest BCUT2D eigenvalue weighted by molar-refractivity contribution is 9.10. The Bertz CT molecular complexity index is 1140. The van der Waals surface area contributed by atoms with Gasteiger partial charge < -0.3 is 29.9 Å². The van der Waals surface area contributed by atoms with Gasteiger partial charge >= 0.3 is 0 Å². The molecule has 2 unspecified atom stereocenters. The molecule has 4 aliphatic heterocycles. The molecule has 5 aliphatic rings. The summed E-state index contributed by atoms with van der Waals surface area (Å²) in [5.74, 6) is 1.59. The van der Waals surface area contributed by atoms with Gasteiger partial charge in [0, 0.05) is 20.4 Å². The lowest BCUT2D eigenvalue weighted by molar-refractivity contribution is -0.132. The van der Waals surface area contributed by atoms with Gasteiger partial charge in [0.2, 0.25) is 11.8 Å². The smallest absolute Gasteiger partial charge is 0.244 e. The molecule has 10 heteroatoms. The summed E-state index contributed by atoms with van der Waals surface area (Å²) in [6.07, 6.45) is 6.55. The highest BCUT2D eigenvalue weighted by Gasteiger charge is 2.40. The fourth-order valence-corrected chi connectivity index (χ4v) is 7.01. The Hall–Kier alpha value is -1.88. The van der Waals surface area contributed by atoms with E-state index in [2.05, 4.69) is 48.6 Å². The second-order valence-electron chi connectivity index (χ2n) is 9.78. The van der Waals surface area contributed by atoms with Crippen molar-refractivity contribution in [2.24, 2.45) is 0 Å². The zero-order valence-corrected chi connectivity index (χ0v) is 23.2. The first-order chi connectivity index (χ1) is 17.5. The molecule has 1 aromatic carbocycles. The maximum absolute atomic E-state index is 13.4. The molecule has 0 aromatic heterocycles. The monoisotopic (exact) mass is 620 g/mol. The molecule has 3 fully saturated rings. The summed E-state index contributed by atoms with van der Waals surface area (Å²) < 4.78 is 13.4. The number of carbonyl (C=O) groups excluding carboxylic acids is 2. The van der Waals surface area contributed by atoms with Crippen LogP contribution < -0.4 is 20.3 Å². The number of nitrogens with zero attached hydrogens (tertiary/aromatic N) is 2. The molecule has 4 heterocycles. The fourth-order valence-electron chi connectivity index (χ4n) is 5.86. The third-order valence-electron chi connectivity index (χ3n) is 7.62. The predicted octanol–water partition coefficient (Wildman–Crippen LogP) is 3.30. The number of ether oxygens (including phenoxy) is 2. The van der Waals surface area contributed by atoms with Crippen LogP contribution in [0, 0.1) is 0 Å². The van der Waals surface area contributed by atoms with Crippen LogP contribution in [-0.4, -0.2) is 73.0 Å². The third kappa shape index (κ3) is 4.19. The minimum absolute atomic E-state index is 0.0233. The number of halogens is 2. The Labute approximate surface area is 227 Å². The Morgan fingerprint density at radius 1 is 0.944 bits per heavy atom. The lowest BCUT2D eigenvalue weighted by Crippen LogP contribution is -2.47. The number of fused-ring (bicyclic) bond motifs is 2. The Kier molecular flexibility index (Phi) is 6.87. The summed E-state index contributed by atoms with van der Waals surface area (Å²) in [6, 6.07) is 3.64. The maximum atomic E-state index is 13.4. The largest absolute Gasteiger partial charge is 0.489 e. The minimum atomic E-state index is -0.149. The summed E-state index contributed by atoms with van der Waals surface area (Å²) >= 11 is 7.63. The van der Waals surface area contributed by atoms with Crippen LogP contribution in [0.25, 0.3) is 5.57 Å². The summed E-state index contributed by atoms with van der Waals surface area (Å²) in [4.78, 5) is 30.4. The standard InChI is InChI=1S/C26H30Br2N4O4/c27-15-5-7-19-23(35-13-11-31(19)25(33)17-3-1-9-29-17)21(15)22-16(28)6-8-20-24(22)36-14-12-32(20)26(34)18-4-2-10-30-18/h5,7-8,16-18,29-30H,1-4,6,9-14H2/t16-,17?,18?/m1/s1. The number of amides is 2. The van der Waals surface area contributed by atoms with Gasteiger partial charge in [-0.05, 0) is 57.3 Å². The van der Waals surface area contributed by atoms with Crippen molar-refractivity contribution in [2.45, 2.75) is 49.0 Å². The number of nitrogens with one attached hydrogen (secondary N) is 2. The Balaban J connectivity index is 1.41. The summed E-state index contributed by atoms with van der Waals surface area (Å²) in [5, 5.41) is 6.66. The van der Waals surface area contributed by atoms with Gasteiger partial charge in [0.05, 0.1) is 36.6 Å². The molecular weight excluding hydrogens is 592 g/mol. The van der Waals surface area contributed by atoms with E-state index in [1.165, 1.54) is 0 Å². The first-order valence-corrected chi connectivity index (χ1v) is 14.5. The molecule has 36 heavy (non-hydrogen) atoms. The quantitative estimate of drug-likeness (QED) is 0.504. The number of carbonyl (C=O) groups is 2. The Morgan fingerprint density at radius 3 is 2.31 bits per heavy atom. The van der Waals surface area contributed by atoms with Crippen molar-refractivity contribution in [3.05, 3.63) is 39.7 Å². The van der Waals surface area contributed by atoms with E-state index in [0.29, 0.717) is 44.2 Å². The number of rotatable bonds is 3. The average molecular weight is 622 g/mol. The van der Waals surface area contributed by atoms with Gasteiger partial charge in [-0.1, -0.05) is 37.9 Å². The van der Waals surface area contributed by atoms with Crippen LogP contribution in [0.5, 0.6) is 5.75 Å². The second kappa shape index (κ2) is 10.1. The third-order valence-corrected chi connectivity index (χ3v) is 9.11. The van der Waals surface area contributed by atoms with Gasteiger partial charge in [-0.25, -0.2) is 0 Å². The number of hydrogen-bond acceptors (Lipinski definition) is 6. The van der Waals surface area contributed by atoms with Crippen LogP contribution in [0.15, 0.2) is 34.1 Å². The van der Waals surface area contributed by atoms with E-state index in [1.54, 1.807) is 0 Å². The molecule has 0 spiro atoms. The van der Waals surface area contributed by atoms with Crippen molar-refractivity contribution in [2.75, 3.05) is 44.3 Å². The summed E-state index contributed by atoms with van der Waals surface area (Å²) in [7, 11) is 0. The number of anilines is 1. The minimum Gasteiger partial charge on any atom is -0.489 e. The van der Waals surface area contributed by atoms with Crippen LogP contribution in [0.4, 0.5) is 5.69 Å². The first-order valence-electron chi connectivity index (χ1n) is 12.8. The van der Waals surface area contributed by atoms with Crippen LogP contribution in [0.2, 0.25) is 0 Å². The molecule has 1 aromatic rings. The molecule has 0 bridgehead atoms. The summed E-state index contributed by atoms with van der Waals surface area (Å²) in [5.41, 5.74) is 3.43. The number of benzene rings is 1. The van der Waals surface area contributed by atoms with Gasteiger partial charge in [-0.15, -0.1) is 0 Å². The number of morpholine rings is 1. The molecule has 2 N–H and O–H groups in total. The number of hydrogen-bond donors (Lipinski definition) is 2. The second-order valence-corrected chi connectivity index (χ2v) is 11.7. The van der Waals surface area contributed by atoms with Gasteiger partial charge in [0.1, 0.15) is 19.0 Å². The van der Waals surface area contributed by atoms with Crippen LogP contribution >= 0.6 is 31.9 Å². The molecule has 0 saturated carbocycles. The van der Waals surface area contributed by atoms with Crippen molar-refractivity contribution in [1.29, 1.82) is 0 Å². The van der Waals surface area contributed by atoms with E-state index in [1.807, 2.05) is 21.9 Å². The van der Waals surface area contributed by atoms with Crippen molar-refractivity contribution in [3.8, 4) is 5.75 Å². The first kappa shape index (κ1) is 24.5. The zero-order valence-electron chi connectivity index (χ0n) is 20.0. The topological polar surface area (TPSA) is 83.1 Å². The van der Waals surface area contributed by atoms with Crippen LogP contribution in [0.3, 0.4) is 0 Å². The molecule has 2 amide bonds. The van der Waals surface area contributed by atoms with E-state index >= 15 is 0 Å². The van der Waals surface area contributed by atoms with Crippen molar-refractivity contribution < 1.29 is 19.1 Å². The van der Waals surface area contributed by atoms with Gasteiger partial charge in [-0.3, -0.25) is 9.59 Å². The van der Waals surface area contributed by atoms with E-state index in [-0.39, 0.29) is 28.7 Å². The number of allylic oxidation sites excluding steroid dienone is 2. The maximum Gasteiger partial charge on any atom is 0.244 e. The van der Waals surface area contributed by atoms with Crippen molar-refractivity contribution in [1.82, 2.24) is 15.5 Å². The number of alkyl halides is 1. The van der Waals surface area contributed by atoms with Gasteiger partial charge in [-0.2, -0.15) is 0 Å². The zero-order chi connectivity index (χ0) is 24.8. The van der Waals surface area contributed by atoms with E-state index < -0.39 is 0 Å². The van der Waals surface area contributed by atoms with Gasteiger partial charge in [0.25, 0.3) is 0 Å². The highest BCUT2D eigenvalue weighted by atomic mass is 79.9. The molecule has 1 aliphatic carbocycles. The lowest BCUT2D eigenvalue weighted by Gasteiger charge is -2.39. The van der Waals surface area contributed by atoms with Gasteiger partial charge in [0.15, 0.2) is 5.75 Å². The van der Waals surface area contributed by atoms with E-state index in [4.69, 9.17) is 9.47 Å². The van der Waals surface area contributed by atoms with Crippen molar-refractivity contribution in [3.63, 3.8) is 0 Å². The van der Waals surface area contributed by atoms with E-state index in [9.17, 15) is 9.59 Å². The SMILES string of the molecule is O=C(C1CCCN1)N1CCOC2=C(c3c(Br)ccc4c3OCCN4C(=O)C3CCCN3)[C@H](Br)CC=C21. The Morgan fingerprint density at radius 2 is 1.61 bits per heavy atom. The molecule has 3 saturated heterocycles. The average Bonchev–Trinajstić information content (AvgIpc) is 3.63. The molecule has 8 nitrogen and oxygen atoms in total. The van der Waals surface area contributed by atoms with Crippen molar-refractivity contribution >= 4 is 54.9 Å².